The zero-order chi connectivity index (χ0) is 17.1. The van der Waals surface area contributed by atoms with Gasteiger partial charge in [0.1, 0.15) is 5.69 Å². The third kappa shape index (κ3) is 3.50. The molecule has 0 aliphatic carbocycles. The van der Waals surface area contributed by atoms with Gasteiger partial charge in [-0.15, -0.1) is 10.2 Å². The Kier molecular flexibility index (Phi) is 4.41. The van der Waals surface area contributed by atoms with Crippen LogP contribution in [0.15, 0.2) is 22.7 Å². The van der Waals surface area contributed by atoms with Crippen molar-refractivity contribution in [3.05, 3.63) is 29.9 Å². The Morgan fingerprint density at radius 1 is 1.33 bits per heavy atom. The minimum absolute atomic E-state index is 0.150. The number of hydrogen-bond donors (Lipinski definition) is 1. The number of nitrogens with one attached hydrogen (secondary N) is 1. The Labute approximate surface area is 138 Å². The van der Waals surface area contributed by atoms with E-state index < -0.39 is 0 Å². The normalized spacial score (nSPS) is 11.0. The van der Waals surface area contributed by atoms with E-state index in [9.17, 15) is 4.79 Å². The van der Waals surface area contributed by atoms with E-state index in [0.717, 1.165) is 11.4 Å². The van der Waals surface area contributed by atoms with Crippen LogP contribution in [0.3, 0.4) is 0 Å². The lowest BCUT2D eigenvalue weighted by Crippen LogP contribution is -2.13. The SMILES string of the molecule is CCn1nc(C)cc1-c1nnc(CCC(=O)Nc2ccn(C)n2)o1. The second-order valence-electron chi connectivity index (χ2n) is 5.41. The smallest absolute Gasteiger partial charge is 0.265 e. The minimum Gasteiger partial charge on any atom is -0.419 e. The van der Waals surface area contributed by atoms with E-state index in [1.807, 2.05) is 19.9 Å². The highest BCUT2D eigenvalue weighted by atomic mass is 16.4. The van der Waals surface area contributed by atoms with Crippen molar-refractivity contribution in [1.29, 1.82) is 0 Å². The fourth-order valence-corrected chi connectivity index (χ4v) is 2.32. The molecule has 0 fully saturated rings. The van der Waals surface area contributed by atoms with Crippen LogP contribution in [0, 0.1) is 6.92 Å². The van der Waals surface area contributed by atoms with Crippen molar-refractivity contribution in [2.24, 2.45) is 7.05 Å². The predicted octanol–water partition coefficient (Wildman–Crippen LogP) is 1.57. The van der Waals surface area contributed by atoms with Gasteiger partial charge in [0.15, 0.2) is 5.82 Å². The van der Waals surface area contributed by atoms with Gasteiger partial charge in [-0.3, -0.25) is 14.2 Å². The largest absolute Gasteiger partial charge is 0.419 e. The highest BCUT2D eigenvalue weighted by Crippen LogP contribution is 2.19. The average Bonchev–Trinajstić information content (AvgIpc) is 3.25. The first-order chi connectivity index (χ1) is 11.5. The maximum atomic E-state index is 11.9. The van der Waals surface area contributed by atoms with Crippen molar-refractivity contribution in [3.63, 3.8) is 0 Å². The van der Waals surface area contributed by atoms with Crippen LogP contribution < -0.4 is 5.32 Å². The van der Waals surface area contributed by atoms with Gasteiger partial charge < -0.3 is 9.73 Å². The van der Waals surface area contributed by atoms with Gasteiger partial charge in [0.25, 0.3) is 5.89 Å². The monoisotopic (exact) mass is 329 g/mol. The lowest BCUT2D eigenvalue weighted by molar-refractivity contribution is -0.116. The van der Waals surface area contributed by atoms with Crippen molar-refractivity contribution in [3.8, 4) is 11.6 Å². The number of hydrogen-bond acceptors (Lipinski definition) is 6. The van der Waals surface area contributed by atoms with Crippen LogP contribution in [0.2, 0.25) is 0 Å². The molecule has 24 heavy (non-hydrogen) atoms. The summed E-state index contributed by atoms with van der Waals surface area (Å²) in [7, 11) is 1.79. The molecule has 0 atom stereocenters. The highest BCUT2D eigenvalue weighted by molar-refractivity contribution is 5.89. The molecule has 0 spiro atoms. The molecule has 3 aromatic rings. The fourth-order valence-electron chi connectivity index (χ4n) is 2.32. The van der Waals surface area contributed by atoms with Crippen LogP contribution in [0.4, 0.5) is 5.82 Å². The van der Waals surface area contributed by atoms with Gasteiger partial charge in [-0.1, -0.05) is 0 Å². The Hall–Kier alpha value is -2.97. The summed E-state index contributed by atoms with van der Waals surface area (Å²) in [5.74, 6) is 1.21. The van der Waals surface area contributed by atoms with E-state index in [1.165, 1.54) is 0 Å². The molecule has 0 radical (unpaired) electrons. The Balaban J connectivity index is 1.60. The first-order valence-corrected chi connectivity index (χ1v) is 7.72. The second-order valence-corrected chi connectivity index (χ2v) is 5.41. The molecule has 0 aliphatic heterocycles. The third-order valence-electron chi connectivity index (χ3n) is 3.43. The standard InChI is InChI=1S/C15H19N7O2/c1-4-22-11(9-10(2)19-22)15-18-17-14(24-15)6-5-13(23)16-12-7-8-21(3)20-12/h7-9H,4-6H2,1-3H3,(H,16,20,23). The summed E-state index contributed by atoms with van der Waals surface area (Å²) in [5, 5.41) is 19.2. The number of amides is 1. The summed E-state index contributed by atoms with van der Waals surface area (Å²) in [6.45, 7) is 4.62. The van der Waals surface area contributed by atoms with Gasteiger partial charge in [-0.25, -0.2) is 0 Å². The summed E-state index contributed by atoms with van der Waals surface area (Å²) >= 11 is 0. The molecule has 3 rings (SSSR count). The second kappa shape index (κ2) is 6.65. The number of carbonyl (C=O) groups is 1. The number of aromatic nitrogens is 6. The van der Waals surface area contributed by atoms with E-state index in [-0.39, 0.29) is 12.3 Å². The lowest BCUT2D eigenvalue weighted by Gasteiger charge is -2.00. The summed E-state index contributed by atoms with van der Waals surface area (Å²) in [4.78, 5) is 11.9. The van der Waals surface area contributed by atoms with Gasteiger partial charge in [-0.05, 0) is 19.9 Å². The molecule has 1 amide bonds. The number of aryl methyl sites for hydroxylation is 4. The molecule has 3 aromatic heterocycles. The summed E-state index contributed by atoms with van der Waals surface area (Å²) in [6, 6.07) is 3.63. The van der Waals surface area contributed by atoms with Crippen molar-refractivity contribution in [2.45, 2.75) is 33.2 Å². The zero-order valence-corrected chi connectivity index (χ0v) is 13.9. The molecule has 0 aliphatic rings. The molecular formula is C15H19N7O2. The molecular weight excluding hydrogens is 310 g/mol. The first kappa shape index (κ1) is 15.9. The molecule has 0 aromatic carbocycles. The number of nitrogens with zero attached hydrogens (tertiary/aromatic N) is 6. The van der Waals surface area contributed by atoms with Crippen molar-refractivity contribution < 1.29 is 9.21 Å². The molecule has 3 heterocycles. The summed E-state index contributed by atoms with van der Waals surface area (Å²) in [5.41, 5.74) is 1.67. The topological polar surface area (TPSA) is 104 Å². The van der Waals surface area contributed by atoms with Crippen molar-refractivity contribution in [2.75, 3.05) is 5.32 Å². The molecule has 0 saturated heterocycles. The molecule has 0 bridgehead atoms. The van der Waals surface area contributed by atoms with Crippen LogP contribution >= 0.6 is 0 Å². The van der Waals surface area contributed by atoms with Gasteiger partial charge >= 0.3 is 0 Å². The highest BCUT2D eigenvalue weighted by Gasteiger charge is 2.15. The third-order valence-corrected chi connectivity index (χ3v) is 3.43. The number of rotatable bonds is 6. The van der Waals surface area contributed by atoms with E-state index in [1.54, 1.807) is 28.7 Å². The molecule has 0 saturated carbocycles. The van der Waals surface area contributed by atoms with E-state index >= 15 is 0 Å². The van der Waals surface area contributed by atoms with Crippen LogP contribution in [0.25, 0.3) is 11.6 Å². The maximum Gasteiger partial charge on any atom is 0.265 e. The molecule has 126 valence electrons. The first-order valence-electron chi connectivity index (χ1n) is 7.72. The Morgan fingerprint density at radius 3 is 2.88 bits per heavy atom. The van der Waals surface area contributed by atoms with Gasteiger partial charge in [0.05, 0.1) is 5.69 Å². The van der Waals surface area contributed by atoms with Crippen molar-refractivity contribution >= 4 is 11.7 Å². The Morgan fingerprint density at radius 2 is 2.17 bits per heavy atom. The van der Waals surface area contributed by atoms with Crippen LogP contribution in [-0.2, 0) is 24.8 Å². The van der Waals surface area contributed by atoms with E-state index in [2.05, 4.69) is 25.7 Å². The van der Waals surface area contributed by atoms with Crippen molar-refractivity contribution in [1.82, 2.24) is 29.8 Å². The predicted molar refractivity (Wildman–Crippen MR) is 86.1 cm³/mol. The average molecular weight is 329 g/mol. The van der Waals surface area contributed by atoms with Gasteiger partial charge in [0.2, 0.25) is 11.8 Å². The van der Waals surface area contributed by atoms with Crippen LogP contribution in [0.1, 0.15) is 24.9 Å². The Bertz CT molecular complexity index is 846. The molecule has 1 N–H and O–H groups in total. The number of anilines is 1. The van der Waals surface area contributed by atoms with Crippen LogP contribution in [0.5, 0.6) is 0 Å². The molecule has 9 heteroatoms. The molecule has 9 nitrogen and oxygen atoms in total. The van der Waals surface area contributed by atoms with Gasteiger partial charge in [0, 0.05) is 38.7 Å². The summed E-state index contributed by atoms with van der Waals surface area (Å²) < 4.78 is 9.08. The van der Waals surface area contributed by atoms with E-state index in [4.69, 9.17) is 4.42 Å². The maximum absolute atomic E-state index is 11.9. The lowest BCUT2D eigenvalue weighted by atomic mass is 10.3. The minimum atomic E-state index is -0.150. The molecule has 0 unspecified atom stereocenters. The fraction of sp³-hybridized carbons (Fsp3) is 0.400. The van der Waals surface area contributed by atoms with Gasteiger partial charge in [-0.2, -0.15) is 10.2 Å². The zero-order valence-electron chi connectivity index (χ0n) is 13.9. The van der Waals surface area contributed by atoms with E-state index in [0.29, 0.717) is 30.6 Å². The van der Waals surface area contributed by atoms with Crippen LogP contribution in [-0.4, -0.2) is 35.7 Å². The quantitative estimate of drug-likeness (QED) is 0.736. The number of carbonyl (C=O) groups excluding carboxylic acids is 1. The summed E-state index contributed by atoms with van der Waals surface area (Å²) in [6.07, 6.45) is 2.37.